The van der Waals surface area contributed by atoms with Crippen LogP contribution in [0.3, 0.4) is 0 Å². The number of aliphatic hydroxyl groups excluding tert-OH is 1. The SMILES string of the molecule is C#CC1(CO)COCCN1C(C)=O. The Morgan fingerprint density at radius 3 is 2.92 bits per heavy atom. The first-order valence-corrected chi connectivity index (χ1v) is 4.11. The maximum absolute atomic E-state index is 11.2. The minimum Gasteiger partial charge on any atom is -0.393 e. The highest BCUT2D eigenvalue weighted by atomic mass is 16.5. The molecule has 1 atom stereocenters. The van der Waals surface area contributed by atoms with Gasteiger partial charge in [-0.15, -0.1) is 6.42 Å². The van der Waals surface area contributed by atoms with E-state index in [9.17, 15) is 4.79 Å². The molecule has 0 spiro atoms. The van der Waals surface area contributed by atoms with Crippen molar-refractivity contribution in [3.8, 4) is 12.3 Å². The van der Waals surface area contributed by atoms with Gasteiger partial charge in [0.1, 0.15) is 5.54 Å². The van der Waals surface area contributed by atoms with Crippen molar-refractivity contribution in [2.45, 2.75) is 12.5 Å². The first kappa shape index (κ1) is 10.0. The third-order valence-corrected chi connectivity index (χ3v) is 2.23. The molecule has 0 aromatic rings. The third-order valence-electron chi connectivity index (χ3n) is 2.23. The van der Waals surface area contributed by atoms with Crippen molar-refractivity contribution >= 4 is 5.91 Å². The Bertz CT molecular complexity index is 246. The molecule has 4 nitrogen and oxygen atoms in total. The van der Waals surface area contributed by atoms with E-state index in [0.29, 0.717) is 13.2 Å². The Labute approximate surface area is 77.5 Å². The van der Waals surface area contributed by atoms with Crippen LogP contribution in [-0.4, -0.2) is 47.8 Å². The Hall–Kier alpha value is -1.05. The summed E-state index contributed by atoms with van der Waals surface area (Å²) in [7, 11) is 0. The highest BCUT2D eigenvalue weighted by Crippen LogP contribution is 2.18. The number of nitrogens with zero attached hydrogens (tertiary/aromatic N) is 1. The summed E-state index contributed by atoms with van der Waals surface area (Å²) in [4.78, 5) is 12.7. The van der Waals surface area contributed by atoms with Gasteiger partial charge < -0.3 is 14.7 Å². The summed E-state index contributed by atoms with van der Waals surface area (Å²) in [6.45, 7) is 2.30. The molecule has 1 heterocycles. The maximum atomic E-state index is 11.2. The van der Waals surface area contributed by atoms with E-state index in [-0.39, 0.29) is 19.1 Å². The van der Waals surface area contributed by atoms with Crippen molar-refractivity contribution in [3.63, 3.8) is 0 Å². The van der Waals surface area contributed by atoms with Gasteiger partial charge in [-0.25, -0.2) is 0 Å². The molecule has 1 rings (SSSR count). The summed E-state index contributed by atoms with van der Waals surface area (Å²) < 4.78 is 5.15. The molecule has 1 aliphatic heterocycles. The number of ether oxygens (including phenoxy) is 1. The molecule has 0 aromatic carbocycles. The van der Waals surface area contributed by atoms with Gasteiger partial charge in [0.25, 0.3) is 0 Å². The van der Waals surface area contributed by atoms with Crippen molar-refractivity contribution in [1.29, 1.82) is 0 Å². The minimum atomic E-state index is -0.954. The first-order valence-electron chi connectivity index (χ1n) is 4.11. The number of rotatable bonds is 1. The van der Waals surface area contributed by atoms with Crippen molar-refractivity contribution in [2.75, 3.05) is 26.4 Å². The van der Waals surface area contributed by atoms with Gasteiger partial charge in [0.05, 0.1) is 19.8 Å². The number of amides is 1. The molecule has 0 bridgehead atoms. The Balaban J connectivity index is 2.89. The molecule has 1 amide bonds. The van der Waals surface area contributed by atoms with Gasteiger partial charge in [-0.3, -0.25) is 4.79 Å². The highest BCUT2D eigenvalue weighted by molar-refractivity contribution is 5.75. The predicted molar refractivity (Wildman–Crippen MR) is 46.9 cm³/mol. The zero-order valence-electron chi connectivity index (χ0n) is 7.62. The van der Waals surface area contributed by atoms with Crippen LogP contribution in [0.4, 0.5) is 0 Å². The number of terminal acetylenes is 1. The Morgan fingerprint density at radius 2 is 2.54 bits per heavy atom. The van der Waals surface area contributed by atoms with Crippen molar-refractivity contribution in [1.82, 2.24) is 4.90 Å². The molecule has 72 valence electrons. The van der Waals surface area contributed by atoms with Gasteiger partial charge in [-0.1, -0.05) is 5.92 Å². The first-order chi connectivity index (χ1) is 6.16. The number of aliphatic hydroxyl groups is 1. The van der Waals surface area contributed by atoms with E-state index in [2.05, 4.69) is 5.92 Å². The highest BCUT2D eigenvalue weighted by Gasteiger charge is 2.39. The van der Waals surface area contributed by atoms with Gasteiger partial charge in [-0.05, 0) is 0 Å². The molecule has 0 saturated carbocycles. The molecule has 1 unspecified atom stereocenters. The number of carbonyl (C=O) groups is 1. The molecule has 0 aromatic heterocycles. The van der Waals surface area contributed by atoms with Crippen LogP contribution in [0.1, 0.15) is 6.92 Å². The molecule has 1 fully saturated rings. The summed E-state index contributed by atoms with van der Waals surface area (Å²) >= 11 is 0. The average molecular weight is 183 g/mol. The molecule has 13 heavy (non-hydrogen) atoms. The van der Waals surface area contributed by atoms with Crippen LogP contribution in [0.25, 0.3) is 0 Å². The number of morpholine rings is 1. The van der Waals surface area contributed by atoms with Crippen LogP contribution in [0.2, 0.25) is 0 Å². The lowest BCUT2D eigenvalue weighted by molar-refractivity contribution is -0.144. The third kappa shape index (κ3) is 1.67. The second-order valence-corrected chi connectivity index (χ2v) is 3.06. The molecule has 0 radical (unpaired) electrons. The smallest absolute Gasteiger partial charge is 0.220 e. The van der Waals surface area contributed by atoms with Crippen LogP contribution >= 0.6 is 0 Å². The van der Waals surface area contributed by atoms with Crippen molar-refractivity contribution in [3.05, 3.63) is 0 Å². The fourth-order valence-electron chi connectivity index (χ4n) is 1.44. The van der Waals surface area contributed by atoms with Crippen LogP contribution in [-0.2, 0) is 9.53 Å². The van der Waals surface area contributed by atoms with Gasteiger partial charge in [0.15, 0.2) is 0 Å². The molecular weight excluding hydrogens is 170 g/mol. The van der Waals surface area contributed by atoms with E-state index in [1.807, 2.05) is 0 Å². The zero-order chi connectivity index (χ0) is 9.90. The van der Waals surface area contributed by atoms with E-state index in [1.54, 1.807) is 0 Å². The van der Waals surface area contributed by atoms with E-state index in [4.69, 9.17) is 16.3 Å². The summed E-state index contributed by atoms with van der Waals surface area (Å²) in [6.07, 6.45) is 5.29. The second kappa shape index (κ2) is 3.77. The molecular formula is C9H13NO3. The van der Waals surface area contributed by atoms with E-state index in [0.717, 1.165) is 0 Å². The van der Waals surface area contributed by atoms with E-state index >= 15 is 0 Å². The van der Waals surface area contributed by atoms with Crippen LogP contribution in [0, 0.1) is 12.3 Å². The lowest BCUT2D eigenvalue weighted by Crippen LogP contribution is -2.60. The van der Waals surface area contributed by atoms with Gasteiger partial charge in [0, 0.05) is 13.5 Å². The minimum absolute atomic E-state index is 0.129. The number of carbonyl (C=O) groups excluding carboxylic acids is 1. The predicted octanol–water partition coefficient (Wildman–Crippen LogP) is -0.771. The molecule has 0 aliphatic carbocycles. The maximum Gasteiger partial charge on any atom is 0.220 e. The van der Waals surface area contributed by atoms with E-state index in [1.165, 1.54) is 11.8 Å². The summed E-state index contributed by atoms with van der Waals surface area (Å²) in [5.74, 6) is 2.30. The summed E-state index contributed by atoms with van der Waals surface area (Å²) in [5, 5.41) is 9.14. The second-order valence-electron chi connectivity index (χ2n) is 3.06. The fraction of sp³-hybridized carbons (Fsp3) is 0.667. The lowest BCUT2D eigenvalue weighted by Gasteiger charge is -2.41. The van der Waals surface area contributed by atoms with Crippen LogP contribution in [0.5, 0.6) is 0 Å². The van der Waals surface area contributed by atoms with Gasteiger partial charge in [-0.2, -0.15) is 0 Å². The summed E-state index contributed by atoms with van der Waals surface area (Å²) in [5.41, 5.74) is -0.954. The fourth-order valence-corrected chi connectivity index (χ4v) is 1.44. The number of hydrogen-bond acceptors (Lipinski definition) is 3. The monoisotopic (exact) mass is 183 g/mol. The normalized spacial score (nSPS) is 28.2. The van der Waals surface area contributed by atoms with E-state index < -0.39 is 5.54 Å². The standard InChI is InChI=1S/C9H13NO3/c1-3-9(6-11)7-13-5-4-10(9)8(2)12/h1,11H,4-7H2,2H3. The van der Waals surface area contributed by atoms with Crippen LogP contribution in [0.15, 0.2) is 0 Å². The largest absolute Gasteiger partial charge is 0.393 e. The Kier molecular flexibility index (Phi) is 2.91. The Morgan fingerprint density at radius 1 is 1.85 bits per heavy atom. The quantitative estimate of drug-likeness (QED) is 0.543. The van der Waals surface area contributed by atoms with Gasteiger partial charge >= 0.3 is 0 Å². The zero-order valence-corrected chi connectivity index (χ0v) is 7.62. The molecule has 1 aliphatic rings. The molecule has 1 N–H and O–H groups in total. The van der Waals surface area contributed by atoms with Gasteiger partial charge in [0.2, 0.25) is 5.91 Å². The molecule has 1 saturated heterocycles. The lowest BCUT2D eigenvalue weighted by atomic mass is 9.99. The topological polar surface area (TPSA) is 49.8 Å². The van der Waals surface area contributed by atoms with Crippen LogP contribution < -0.4 is 0 Å². The van der Waals surface area contributed by atoms with Crippen molar-refractivity contribution < 1.29 is 14.6 Å². The number of hydrogen-bond donors (Lipinski definition) is 1. The summed E-state index contributed by atoms with van der Waals surface area (Å²) in [6, 6.07) is 0. The average Bonchev–Trinajstić information content (AvgIpc) is 2.17. The van der Waals surface area contributed by atoms with Crippen molar-refractivity contribution in [2.24, 2.45) is 0 Å². The molecule has 4 heteroatoms.